The molecule has 6 rings (SSSR count). The first kappa shape index (κ1) is 18.2. The summed E-state index contributed by atoms with van der Waals surface area (Å²) in [5.41, 5.74) is -0.793. The number of ether oxygens (including phenoxy) is 2. The number of hydrogen-bond acceptors (Lipinski definition) is 4. The van der Waals surface area contributed by atoms with Gasteiger partial charge in [-0.1, -0.05) is 0 Å². The molecule has 2 saturated carbocycles. The number of fused-ring (bicyclic) bond motifs is 4. The van der Waals surface area contributed by atoms with E-state index in [0.29, 0.717) is 61.9 Å². The Morgan fingerprint density at radius 2 is 1.23 bits per heavy atom. The summed E-state index contributed by atoms with van der Waals surface area (Å²) >= 11 is 0. The van der Waals surface area contributed by atoms with E-state index in [0.717, 1.165) is 38.5 Å². The zero-order valence-electron chi connectivity index (χ0n) is 15.3. The van der Waals surface area contributed by atoms with Gasteiger partial charge in [0.25, 0.3) is 0 Å². The molecule has 4 unspecified atom stereocenters. The number of hydrogen-bond donors (Lipinski definition) is 2. The van der Waals surface area contributed by atoms with Gasteiger partial charge in [-0.25, -0.2) is 0 Å². The van der Waals surface area contributed by atoms with Crippen LogP contribution >= 0.6 is 0 Å². The van der Waals surface area contributed by atoms with E-state index < -0.39 is 17.4 Å². The highest BCUT2D eigenvalue weighted by Gasteiger charge is 2.49. The molecule has 0 amide bonds. The van der Waals surface area contributed by atoms with Crippen molar-refractivity contribution in [3.05, 3.63) is 0 Å². The SMILES string of the molecule is O=C(O)CCCC(CC1CC2CC(C1)O2)(CC1CC2CC(C1)O2)C(=O)O. The predicted octanol–water partition coefficient (Wildman–Crippen LogP) is 3.23. The van der Waals surface area contributed by atoms with E-state index in [1.807, 2.05) is 0 Å². The summed E-state index contributed by atoms with van der Waals surface area (Å²) in [6, 6.07) is 0. The lowest BCUT2D eigenvalue weighted by molar-refractivity contribution is -0.189. The molecule has 0 aromatic rings. The molecule has 26 heavy (non-hydrogen) atoms. The molecule has 2 aliphatic carbocycles. The van der Waals surface area contributed by atoms with E-state index in [2.05, 4.69) is 0 Å². The summed E-state index contributed by atoms with van der Waals surface area (Å²) in [6.45, 7) is 0. The Kier molecular flexibility index (Phi) is 4.99. The fraction of sp³-hybridized carbons (Fsp3) is 0.900. The molecule has 0 aromatic carbocycles. The quantitative estimate of drug-likeness (QED) is 0.651. The second-order valence-corrected chi connectivity index (χ2v) is 9.15. The summed E-state index contributed by atoms with van der Waals surface area (Å²) in [5, 5.41) is 19.2. The molecule has 4 saturated heterocycles. The molecule has 146 valence electrons. The fourth-order valence-electron chi connectivity index (χ4n) is 5.98. The van der Waals surface area contributed by atoms with Crippen LogP contribution in [0.3, 0.4) is 0 Å². The van der Waals surface area contributed by atoms with Crippen molar-refractivity contribution in [1.29, 1.82) is 0 Å². The van der Waals surface area contributed by atoms with Crippen LogP contribution in [0, 0.1) is 17.3 Å². The topological polar surface area (TPSA) is 93.1 Å². The second-order valence-electron chi connectivity index (χ2n) is 9.15. The molecular weight excluding hydrogens is 336 g/mol. The first-order valence-electron chi connectivity index (χ1n) is 10.2. The maximum Gasteiger partial charge on any atom is 0.309 e. The standard InChI is InChI=1S/C20H30O6/c21-18(22)2-1-3-20(19(23)24,10-12-4-14-8-15(5-12)25-14)11-13-6-16-9-17(7-13)26-16/h12-17H,1-11H2,(H,21,22)(H,23,24). The van der Waals surface area contributed by atoms with Gasteiger partial charge in [-0.2, -0.15) is 0 Å². The molecule has 6 aliphatic rings. The number of carbonyl (C=O) groups is 2. The highest BCUT2D eigenvalue weighted by atomic mass is 16.5. The largest absolute Gasteiger partial charge is 0.481 e. The zero-order chi connectivity index (χ0) is 18.3. The first-order valence-corrected chi connectivity index (χ1v) is 10.2. The first-order chi connectivity index (χ1) is 12.4. The van der Waals surface area contributed by atoms with Crippen LogP contribution in [0.4, 0.5) is 0 Å². The molecule has 0 aromatic heterocycles. The van der Waals surface area contributed by atoms with E-state index in [4.69, 9.17) is 14.6 Å². The average Bonchev–Trinajstić information content (AvgIpc) is 2.52. The van der Waals surface area contributed by atoms with Crippen LogP contribution in [0.2, 0.25) is 0 Å². The Morgan fingerprint density at radius 3 is 1.58 bits per heavy atom. The van der Waals surface area contributed by atoms with Crippen LogP contribution in [-0.2, 0) is 19.1 Å². The van der Waals surface area contributed by atoms with Crippen LogP contribution in [0.15, 0.2) is 0 Å². The number of carboxylic acid groups (broad SMARTS) is 2. The third-order valence-corrected chi connectivity index (χ3v) is 7.06. The molecule has 4 heterocycles. The molecule has 6 fully saturated rings. The van der Waals surface area contributed by atoms with Crippen LogP contribution in [-0.4, -0.2) is 46.6 Å². The minimum absolute atomic E-state index is 0.0487. The highest BCUT2D eigenvalue weighted by molar-refractivity contribution is 5.75. The van der Waals surface area contributed by atoms with Crippen molar-refractivity contribution in [2.24, 2.45) is 17.3 Å². The third-order valence-electron chi connectivity index (χ3n) is 7.06. The van der Waals surface area contributed by atoms with E-state index in [9.17, 15) is 14.7 Å². The predicted molar refractivity (Wildman–Crippen MR) is 92.8 cm³/mol. The molecule has 0 spiro atoms. The van der Waals surface area contributed by atoms with Crippen LogP contribution < -0.4 is 0 Å². The summed E-state index contributed by atoms with van der Waals surface area (Å²) in [4.78, 5) is 23.4. The van der Waals surface area contributed by atoms with Gasteiger partial charge in [-0.05, 0) is 76.0 Å². The Balaban J connectivity index is 1.45. The lowest BCUT2D eigenvalue weighted by Gasteiger charge is -2.49. The van der Waals surface area contributed by atoms with Gasteiger partial charge in [-0.3, -0.25) is 9.59 Å². The number of carboxylic acids is 2. The summed E-state index contributed by atoms with van der Waals surface area (Å²) in [5.74, 6) is -0.794. The minimum atomic E-state index is -0.844. The molecule has 0 radical (unpaired) electrons. The Labute approximate surface area is 154 Å². The van der Waals surface area contributed by atoms with Gasteiger partial charge in [0.15, 0.2) is 0 Å². The maximum absolute atomic E-state index is 12.4. The summed E-state index contributed by atoms with van der Waals surface area (Å²) < 4.78 is 11.4. The van der Waals surface area contributed by atoms with Crippen LogP contribution in [0.1, 0.15) is 70.6 Å². The maximum atomic E-state index is 12.4. The van der Waals surface area contributed by atoms with Crippen molar-refractivity contribution in [2.75, 3.05) is 0 Å². The number of aliphatic carboxylic acids is 2. The van der Waals surface area contributed by atoms with Crippen molar-refractivity contribution < 1.29 is 29.3 Å². The Hall–Kier alpha value is -1.14. The van der Waals surface area contributed by atoms with Gasteiger partial charge in [0.05, 0.1) is 29.8 Å². The van der Waals surface area contributed by atoms with E-state index >= 15 is 0 Å². The van der Waals surface area contributed by atoms with Gasteiger partial charge in [0, 0.05) is 6.42 Å². The molecule has 6 nitrogen and oxygen atoms in total. The van der Waals surface area contributed by atoms with Crippen LogP contribution in [0.5, 0.6) is 0 Å². The zero-order valence-corrected chi connectivity index (χ0v) is 15.3. The Bertz CT molecular complexity index is 499. The van der Waals surface area contributed by atoms with Gasteiger partial charge < -0.3 is 19.7 Å². The van der Waals surface area contributed by atoms with Crippen molar-refractivity contribution >= 4 is 11.9 Å². The van der Waals surface area contributed by atoms with Crippen molar-refractivity contribution in [3.63, 3.8) is 0 Å². The summed E-state index contributed by atoms with van der Waals surface area (Å²) in [7, 11) is 0. The van der Waals surface area contributed by atoms with Gasteiger partial charge in [0.1, 0.15) is 0 Å². The van der Waals surface area contributed by atoms with Crippen molar-refractivity contribution in [2.45, 2.75) is 95.0 Å². The van der Waals surface area contributed by atoms with E-state index in [1.165, 1.54) is 0 Å². The van der Waals surface area contributed by atoms with E-state index in [-0.39, 0.29) is 6.42 Å². The van der Waals surface area contributed by atoms with Gasteiger partial charge in [-0.15, -0.1) is 0 Å². The monoisotopic (exact) mass is 366 g/mol. The smallest absolute Gasteiger partial charge is 0.309 e. The molecule has 4 aliphatic heterocycles. The number of rotatable bonds is 9. The fourth-order valence-corrected chi connectivity index (χ4v) is 5.98. The van der Waals surface area contributed by atoms with E-state index in [1.54, 1.807) is 0 Å². The second kappa shape index (κ2) is 7.12. The third kappa shape index (κ3) is 3.77. The van der Waals surface area contributed by atoms with Crippen molar-refractivity contribution in [3.8, 4) is 0 Å². The van der Waals surface area contributed by atoms with Crippen molar-refractivity contribution in [1.82, 2.24) is 0 Å². The van der Waals surface area contributed by atoms with Gasteiger partial charge in [0.2, 0.25) is 0 Å². The Morgan fingerprint density at radius 1 is 0.808 bits per heavy atom. The molecule has 6 heteroatoms. The lowest BCUT2D eigenvalue weighted by Crippen LogP contribution is -2.49. The highest BCUT2D eigenvalue weighted by Crippen LogP contribution is 2.50. The normalized spacial score (nSPS) is 40.0. The summed E-state index contributed by atoms with van der Waals surface area (Å²) in [6.07, 6.45) is 9.67. The molecule has 4 atom stereocenters. The molecular formula is C20H30O6. The molecule has 2 N–H and O–H groups in total. The molecule has 4 bridgehead atoms. The van der Waals surface area contributed by atoms with Gasteiger partial charge >= 0.3 is 11.9 Å². The van der Waals surface area contributed by atoms with Crippen LogP contribution in [0.25, 0.3) is 0 Å². The average molecular weight is 366 g/mol. The minimum Gasteiger partial charge on any atom is -0.481 e. The lowest BCUT2D eigenvalue weighted by atomic mass is 9.64.